The molecule has 1 aromatic heterocycles. The van der Waals surface area contributed by atoms with Crippen LogP contribution in [0.1, 0.15) is 30.5 Å². The molecule has 2 heterocycles. The van der Waals surface area contributed by atoms with Gasteiger partial charge in [-0.3, -0.25) is 0 Å². The van der Waals surface area contributed by atoms with Gasteiger partial charge >= 0.3 is 0 Å². The Morgan fingerprint density at radius 3 is 2.74 bits per heavy atom. The SMILES string of the molecule is c1ccc(NCc2nc(C3CCOCC3)no2)cc1. The molecule has 1 N–H and O–H groups in total. The number of nitrogens with one attached hydrogen (secondary N) is 1. The van der Waals surface area contributed by atoms with Gasteiger partial charge < -0.3 is 14.6 Å². The highest BCUT2D eigenvalue weighted by Crippen LogP contribution is 2.24. The maximum Gasteiger partial charge on any atom is 0.245 e. The van der Waals surface area contributed by atoms with Gasteiger partial charge in [-0.05, 0) is 25.0 Å². The molecule has 0 unspecified atom stereocenters. The second-order valence-corrected chi connectivity index (χ2v) is 4.65. The second kappa shape index (κ2) is 5.84. The van der Waals surface area contributed by atoms with Crippen molar-refractivity contribution in [3.63, 3.8) is 0 Å². The minimum Gasteiger partial charge on any atom is -0.381 e. The van der Waals surface area contributed by atoms with E-state index < -0.39 is 0 Å². The zero-order valence-electron chi connectivity index (χ0n) is 10.7. The number of hydrogen-bond acceptors (Lipinski definition) is 5. The Bertz CT molecular complexity index is 506. The Kier molecular flexibility index (Phi) is 3.74. The fourth-order valence-corrected chi connectivity index (χ4v) is 2.20. The third-order valence-electron chi connectivity index (χ3n) is 3.29. The average Bonchev–Trinajstić information content (AvgIpc) is 2.96. The molecule has 19 heavy (non-hydrogen) atoms. The quantitative estimate of drug-likeness (QED) is 0.914. The Hall–Kier alpha value is -1.88. The molecule has 1 fully saturated rings. The lowest BCUT2D eigenvalue weighted by Gasteiger charge is -2.18. The summed E-state index contributed by atoms with van der Waals surface area (Å²) in [5.74, 6) is 1.82. The first kappa shape index (κ1) is 12.2. The number of para-hydroxylation sites is 1. The van der Waals surface area contributed by atoms with E-state index >= 15 is 0 Å². The van der Waals surface area contributed by atoms with Gasteiger partial charge in [-0.25, -0.2) is 0 Å². The molecular formula is C14H17N3O2. The lowest BCUT2D eigenvalue weighted by molar-refractivity contribution is 0.0830. The number of benzene rings is 1. The van der Waals surface area contributed by atoms with Crippen LogP contribution in [-0.2, 0) is 11.3 Å². The van der Waals surface area contributed by atoms with Crippen LogP contribution < -0.4 is 5.32 Å². The molecule has 1 aromatic carbocycles. The summed E-state index contributed by atoms with van der Waals surface area (Å²) in [4.78, 5) is 4.45. The van der Waals surface area contributed by atoms with Crippen molar-refractivity contribution in [1.29, 1.82) is 0 Å². The summed E-state index contributed by atoms with van der Waals surface area (Å²) in [5.41, 5.74) is 1.05. The minimum atomic E-state index is 0.378. The summed E-state index contributed by atoms with van der Waals surface area (Å²) in [6.07, 6.45) is 1.95. The molecule has 5 nitrogen and oxygen atoms in total. The van der Waals surface area contributed by atoms with Gasteiger partial charge in [0, 0.05) is 24.8 Å². The van der Waals surface area contributed by atoms with Crippen LogP contribution in [0.5, 0.6) is 0 Å². The second-order valence-electron chi connectivity index (χ2n) is 4.65. The van der Waals surface area contributed by atoms with Crippen LogP contribution in [0.2, 0.25) is 0 Å². The third-order valence-corrected chi connectivity index (χ3v) is 3.29. The highest BCUT2D eigenvalue weighted by molar-refractivity contribution is 5.42. The van der Waals surface area contributed by atoms with Gasteiger partial charge in [0.05, 0.1) is 6.54 Å². The first-order valence-corrected chi connectivity index (χ1v) is 6.61. The standard InChI is InChI=1S/C14H17N3O2/c1-2-4-12(5-3-1)15-10-13-16-14(17-19-13)11-6-8-18-9-7-11/h1-5,11,15H,6-10H2. The summed E-state index contributed by atoms with van der Waals surface area (Å²) in [6, 6.07) is 9.99. The van der Waals surface area contributed by atoms with E-state index in [0.29, 0.717) is 18.4 Å². The molecule has 0 bridgehead atoms. The van der Waals surface area contributed by atoms with Crippen LogP contribution in [0.4, 0.5) is 5.69 Å². The predicted molar refractivity (Wildman–Crippen MR) is 70.9 cm³/mol. The van der Waals surface area contributed by atoms with Crippen LogP contribution in [0.25, 0.3) is 0 Å². The van der Waals surface area contributed by atoms with Gasteiger partial charge in [0.25, 0.3) is 0 Å². The maximum atomic E-state index is 5.33. The molecule has 100 valence electrons. The van der Waals surface area contributed by atoms with Crippen LogP contribution in [0.3, 0.4) is 0 Å². The van der Waals surface area contributed by atoms with Crippen molar-refractivity contribution in [1.82, 2.24) is 10.1 Å². The van der Waals surface area contributed by atoms with Gasteiger partial charge in [-0.2, -0.15) is 4.98 Å². The number of aromatic nitrogens is 2. The Morgan fingerprint density at radius 2 is 1.95 bits per heavy atom. The normalized spacial score (nSPS) is 16.4. The zero-order valence-corrected chi connectivity index (χ0v) is 10.7. The molecular weight excluding hydrogens is 242 g/mol. The molecule has 3 rings (SSSR count). The summed E-state index contributed by atoms with van der Waals surface area (Å²) >= 11 is 0. The van der Waals surface area contributed by atoms with E-state index in [2.05, 4.69) is 15.5 Å². The minimum absolute atomic E-state index is 0.378. The first-order valence-electron chi connectivity index (χ1n) is 6.61. The molecule has 0 spiro atoms. The van der Waals surface area contributed by atoms with Crippen molar-refractivity contribution < 1.29 is 9.26 Å². The summed E-state index contributed by atoms with van der Waals surface area (Å²) in [7, 11) is 0. The van der Waals surface area contributed by atoms with Crippen LogP contribution in [0, 0.1) is 0 Å². The highest BCUT2D eigenvalue weighted by atomic mass is 16.5. The van der Waals surface area contributed by atoms with Gasteiger partial charge in [-0.1, -0.05) is 23.4 Å². The molecule has 0 atom stereocenters. The van der Waals surface area contributed by atoms with Crippen molar-refractivity contribution in [2.75, 3.05) is 18.5 Å². The Labute approximate surface area is 112 Å². The lowest BCUT2D eigenvalue weighted by Crippen LogP contribution is -2.15. The molecule has 2 aromatic rings. The van der Waals surface area contributed by atoms with Crippen molar-refractivity contribution in [3.05, 3.63) is 42.0 Å². The first-order chi connectivity index (χ1) is 9.42. The van der Waals surface area contributed by atoms with Gasteiger partial charge in [0.15, 0.2) is 5.82 Å². The molecule has 0 amide bonds. The maximum absolute atomic E-state index is 5.33. The number of hydrogen-bond donors (Lipinski definition) is 1. The Balaban J connectivity index is 1.58. The summed E-state index contributed by atoms with van der Waals surface area (Å²) in [6.45, 7) is 2.13. The van der Waals surface area contributed by atoms with Crippen LogP contribution >= 0.6 is 0 Å². The monoisotopic (exact) mass is 259 g/mol. The molecule has 0 saturated carbocycles. The summed E-state index contributed by atoms with van der Waals surface area (Å²) < 4.78 is 10.6. The predicted octanol–water partition coefficient (Wildman–Crippen LogP) is 2.58. The van der Waals surface area contributed by atoms with Gasteiger partial charge in [0.1, 0.15) is 0 Å². The van der Waals surface area contributed by atoms with Crippen molar-refractivity contribution in [3.8, 4) is 0 Å². The topological polar surface area (TPSA) is 60.2 Å². The largest absolute Gasteiger partial charge is 0.381 e. The van der Waals surface area contributed by atoms with E-state index in [-0.39, 0.29) is 0 Å². The highest BCUT2D eigenvalue weighted by Gasteiger charge is 2.21. The lowest BCUT2D eigenvalue weighted by atomic mass is 10.00. The molecule has 1 aliphatic rings. The van der Waals surface area contributed by atoms with E-state index in [4.69, 9.17) is 9.26 Å². The van der Waals surface area contributed by atoms with E-state index in [1.54, 1.807) is 0 Å². The fraction of sp³-hybridized carbons (Fsp3) is 0.429. The summed E-state index contributed by atoms with van der Waals surface area (Å²) in [5, 5.41) is 7.33. The fourth-order valence-electron chi connectivity index (χ4n) is 2.20. The average molecular weight is 259 g/mol. The van der Waals surface area contributed by atoms with E-state index in [0.717, 1.165) is 37.6 Å². The van der Waals surface area contributed by atoms with Crippen LogP contribution in [-0.4, -0.2) is 23.4 Å². The van der Waals surface area contributed by atoms with Crippen molar-refractivity contribution in [2.45, 2.75) is 25.3 Å². The van der Waals surface area contributed by atoms with Crippen molar-refractivity contribution >= 4 is 5.69 Å². The van der Waals surface area contributed by atoms with E-state index in [1.165, 1.54) is 0 Å². The Morgan fingerprint density at radius 1 is 1.16 bits per heavy atom. The van der Waals surface area contributed by atoms with Crippen molar-refractivity contribution in [2.24, 2.45) is 0 Å². The van der Waals surface area contributed by atoms with Gasteiger partial charge in [-0.15, -0.1) is 0 Å². The zero-order chi connectivity index (χ0) is 12.9. The smallest absolute Gasteiger partial charge is 0.245 e. The third kappa shape index (κ3) is 3.12. The number of rotatable bonds is 4. The molecule has 0 aliphatic carbocycles. The van der Waals surface area contributed by atoms with E-state index in [9.17, 15) is 0 Å². The van der Waals surface area contributed by atoms with E-state index in [1.807, 2.05) is 30.3 Å². The number of anilines is 1. The van der Waals surface area contributed by atoms with Crippen LogP contribution in [0.15, 0.2) is 34.9 Å². The number of nitrogens with zero attached hydrogens (tertiary/aromatic N) is 2. The molecule has 1 saturated heterocycles. The number of ether oxygens (including phenoxy) is 1. The van der Waals surface area contributed by atoms with Gasteiger partial charge in [0.2, 0.25) is 5.89 Å². The molecule has 1 aliphatic heterocycles. The molecule has 0 radical (unpaired) electrons. The molecule has 5 heteroatoms.